The maximum atomic E-state index is 11.7. The highest BCUT2D eigenvalue weighted by molar-refractivity contribution is 6.01. The lowest BCUT2D eigenvalue weighted by atomic mass is 10.4. The van der Waals surface area contributed by atoms with Crippen LogP contribution in [-0.2, 0) is 0 Å². The molecule has 2 rings (SSSR count). The molecule has 0 unspecified atom stereocenters. The van der Waals surface area contributed by atoms with Crippen molar-refractivity contribution in [1.82, 2.24) is 15.1 Å². The SMILES string of the molecule is CN(C)CCCNc1ccc(NC(=O)c2ccco2)nn1. The van der Waals surface area contributed by atoms with E-state index in [1.165, 1.54) is 6.26 Å². The van der Waals surface area contributed by atoms with Crippen molar-refractivity contribution in [3.8, 4) is 0 Å². The van der Waals surface area contributed by atoms with Gasteiger partial charge < -0.3 is 20.0 Å². The molecule has 21 heavy (non-hydrogen) atoms. The van der Waals surface area contributed by atoms with E-state index >= 15 is 0 Å². The van der Waals surface area contributed by atoms with Crippen LogP contribution in [0.5, 0.6) is 0 Å². The van der Waals surface area contributed by atoms with E-state index in [1.54, 1.807) is 24.3 Å². The first-order valence-electron chi connectivity index (χ1n) is 6.72. The van der Waals surface area contributed by atoms with Crippen molar-refractivity contribution in [2.24, 2.45) is 0 Å². The number of furan rings is 1. The van der Waals surface area contributed by atoms with Crippen LogP contribution >= 0.6 is 0 Å². The number of hydrogen-bond acceptors (Lipinski definition) is 6. The summed E-state index contributed by atoms with van der Waals surface area (Å²) in [5, 5.41) is 13.7. The van der Waals surface area contributed by atoms with Crippen LogP contribution < -0.4 is 10.6 Å². The van der Waals surface area contributed by atoms with E-state index in [9.17, 15) is 4.79 Å². The number of nitrogens with one attached hydrogen (secondary N) is 2. The molecule has 2 N–H and O–H groups in total. The Kier molecular flexibility index (Phi) is 5.28. The van der Waals surface area contributed by atoms with Crippen LogP contribution in [0.15, 0.2) is 34.9 Å². The number of aromatic nitrogens is 2. The molecule has 7 nitrogen and oxygen atoms in total. The third-order valence-electron chi connectivity index (χ3n) is 2.74. The minimum Gasteiger partial charge on any atom is -0.459 e. The quantitative estimate of drug-likeness (QED) is 0.755. The topological polar surface area (TPSA) is 83.3 Å². The number of amides is 1. The van der Waals surface area contributed by atoms with Gasteiger partial charge in [-0.1, -0.05) is 0 Å². The Morgan fingerprint density at radius 2 is 2.00 bits per heavy atom. The molecule has 0 fully saturated rings. The molecule has 0 spiro atoms. The fourth-order valence-electron chi connectivity index (χ4n) is 1.69. The summed E-state index contributed by atoms with van der Waals surface area (Å²) in [6.45, 7) is 1.84. The van der Waals surface area contributed by atoms with Gasteiger partial charge in [0.1, 0.15) is 5.82 Å². The van der Waals surface area contributed by atoms with E-state index < -0.39 is 0 Å². The zero-order valence-electron chi connectivity index (χ0n) is 12.2. The summed E-state index contributed by atoms with van der Waals surface area (Å²) in [4.78, 5) is 13.9. The van der Waals surface area contributed by atoms with Crippen LogP contribution in [0.4, 0.5) is 11.6 Å². The fraction of sp³-hybridized carbons (Fsp3) is 0.357. The molecule has 0 aliphatic heterocycles. The second-order valence-corrected chi connectivity index (χ2v) is 4.82. The maximum absolute atomic E-state index is 11.7. The smallest absolute Gasteiger partial charge is 0.292 e. The van der Waals surface area contributed by atoms with Crippen molar-refractivity contribution >= 4 is 17.5 Å². The largest absolute Gasteiger partial charge is 0.459 e. The highest BCUT2D eigenvalue weighted by atomic mass is 16.3. The highest BCUT2D eigenvalue weighted by Gasteiger charge is 2.09. The molecule has 0 saturated heterocycles. The molecule has 0 aliphatic carbocycles. The molecular formula is C14H19N5O2. The predicted molar refractivity (Wildman–Crippen MR) is 80.4 cm³/mol. The summed E-state index contributed by atoms with van der Waals surface area (Å²) >= 11 is 0. The molecule has 2 aromatic rings. The Labute approximate surface area is 123 Å². The second kappa shape index (κ2) is 7.39. The van der Waals surface area contributed by atoms with Crippen molar-refractivity contribution in [1.29, 1.82) is 0 Å². The van der Waals surface area contributed by atoms with Crippen LogP contribution in [0.3, 0.4) is 0 Å². The van der Waals surface area contributed by atoms with Gasteiger partial charge in [-0.25, -0.2) is 0 Å². The number of anilines is 2. The van der Waals surface area contributed by atoms with Crippen molar-refractivity contribution < 1.29 is 9.21 Å². The Hall–Kier alpha value is -2.41. The molecule has 0 aliphatic rings. The van der Waals surface area contributed by atoms with Gasteiger partial charge in [-0.2, -0.15) is 0 Å². The lowest BCUT2D eigenvalue weighted by Crippen LogP contribution is -2.17. The van der Waals surface area contributed by atoms with Gasteiger partial charge in [0.2, 0.25) is 0 Å². The first-order valence-corrected chi connectivity index (χ1v) is 6.72. The molecule has 0 atom stereocenters. The van der Waals surface area contributed by atoms with Gasteiger partial charge in [0, 0.05) is 6.54 Å². The highest BCUT2D eigenvalue weighted by Crippen LogP contribution is 2.08. The third-order valence-corrected chi connectivity index (χ3v) is 2.74. The zero-order valence-corrected chi connectivity index (χ0v) is 12.2. The number of carbonyl (C=O) groups is 1. The molecule has 0 aromatic carbocycles. The van der Waals surface area contributed by atoms with Gasteiger partial charge in [-0.05, 0) is 51.3 Å². The molecule has 0 saturated carbocycles. The standard InChI is InChI=1S/C14H19N5O2/c1-19(2)9-4-8-15-12-6-7-13(18-17-12)16-14(20)11-5-3-10-21-11/h3,5-7,10H,4,8-9H2,1-2H3,(H,15,17)(H,16,18,20). The molecule has 1 amide bonds. The fourth-order valence-corrected chi connectivity index (χ4v) is 1.69. The van der Waals surface area contributed by atoms with Crippen molar-refractivity contribution in [3.05, 3.63) is 36.3 Å². The van der Waals surface area contributed by atoms with Crippen molar-refractivity contribution in [2.75, 3.05) is 37.8 Å². The number of carbonyl (C=O) groups excluding carboxylic acids is 1. The summed E-state index contributed by atoms with van der Waals surface area (Å²) in [5.74, 6) is 0.962. The Morgan fingerprint density at radius 3 is 2.62 bits per heavy atom. The van der Waals surface area contributed by atoms with Crippen LogP contribution in [0, 0.1) is 0 Å². The number of hydrogen-bond donors (Lipinski definition) is 2. The Morgan fingerprint density at radius 1 is 1.24 bits per heavy atom. The van der Waals surface area contributed by atoms with E-state index in [-0.39, 0.29) is 11.7 Å². The van der Waals surface area contributed by atoms with Crippen LogP contribution in [-0.4, -0.2) is 48.2 Å². The minimum absolute atomic E-state index is 0.239. The zero-order chi connectivity index (χ0) is 15.1. The molecule has 0 radical (unpaired) electrons. The van der Waals surface area contributed by atoms with E-state index in [0.29, 0.717) is 11.6 Å². The molecule has 7 heteroatoms. The van der Waals surface area contributed by atoms with Gasteiger partial charge in [-0.3, -0.25) is 4.79 Å². The Bertz CT molecular complexity index is 551. The van der Waals surface area contributed by atoms with Gasteiger partial charge in [0.25, 0.3) is 5.91 Å². The van der Waals surface area contributed by atoms with Crippen LogP contribution in [0.1, 0.15) is 17.0 Å². The first-order chi connectivity index (χ1) is 10.1. The average Bonchev–Trinajstić information content (AvgIpc) is 2.99. The van der Waals surface area contributed by atoms with Gasteiger partial charge >= 0.3 is 0 Å². The molecule has 0 bridgehead atoms. The first kappa shape index (κ1) is 15.0. The monoisotopic (exact) mass is 289 g/mol. The van der Waals surface area contributed by atoms with Crippen molar-refractivity contribution in [2.45, 2.75) is 6.42 Å². The van der Waals surface area contributed by atoms with E-state index in [2.05, 4.69) is 25.7 Å². The average molecular weight is 289 g/mol. The van der Waals surface area contributed by atoms with E-state index in [4.69, 9.17) is 4.42 Å². The van der Waals surface area contributed by atoms with Gasteiger partial charge in [-0.15, -0.1) is 10.2 Å². The summed E-state index contributed by atoms with van der Waals surface area (Å²) in [7, 11) is 4.08. The molecule has 2 aromatic heterocycles. The van der Waals surface area contributed by atoms with Gasteiger partial charge in [0.15, 0.2) is 11.6 Å². The van der Waals surface area contributed by atoms with E-state index in [1.807, 2.05) is 14.1 Å². The number of rotatable bonds is 7. The number of nitrogens with zero attached hydrogens (tertiary/aromatic N) is 3. The predicted octanol–water partition coefficient (Wildman–Crippen LogP) is 1.69. The summed E-state index contributed by atoms with van der Waals surface area (Å²) in [5.41, 5.74) is 0. The van der Waals surface area contributed by atoms with E-state index in [0.717, 1.165) is 19.5 Å². The summed E-state index contributed by atoms with van der Waals surface area (Å²) < 4.78 is 5.00. The molecule has 2 heterocycles. The normalized spacial score (nSPS) is 10.6. The minimum atomic E-state index is -0.346. The molecule has 112 valence electrons. The third kappa shape index (κ3) is 4.88. The van der Waals surface area contributed by atoms with Gasteiger partial charge in [0.05, 0.1) is 6.26 Å². The van der Waals surface area contributed by atoms with Crippen LogP contribution in [0.2, 0.25) is 0 Å². The van der Waals surface area contributed by atoms with Crippen LogP contribution in [0.25, 0.3) is 0 Å². The Balaban J connectivity index is 1.80. The van der Waals surface area contributed by atoms with Crippen molar-refractivity contribution in [3.63, 3.8) is 0 Å². The summed E-state index contributed by atoms with van der Waals surface area (Å²) in [6.07, 6.45) is 2.47. The second-order valence-electron chi connectivity index (χ2n) is 4.82. The summed E-state index contributed by atoms with van der Waals surface area (Å²) in [6, 6.07) is 6.72. The molecular weight excluding hydrogens is 270 g/mol. The maximum Gasteiger partial charge on any atom is 0.292 e. The lowest BCUT2D eigenvalue weighted by molar-refractivity contribution is 0.0996. The lowest BCUT2D eigenvalue weighted by Gasteiger charge is -2.10.